The van der Waals surface area contributed by atoms with Crippen LogP contribution in [-0.2, 0) is 24.9 Å². The van der Waals surface area contributed by atoms with Crippen LogP contribution in [-0.4, -0.2) is 49.3 Å². The molecule has 0 amide bonds. The Morgan fingerprint density at radius 2 is 1.86 bits per heavy atom. The van der Waals surface area contributed by atoms with E-state index in [0.717, 1.165) is 13.1 Å². The van der Waals surface area contributed by atoms with E-state index in [9.17, 15) is 14.0 Å². The molecule has 1 aliphatic rings. The zero-order valence-corrected chi connectivity index (χ0v) is 16.7. The molecular weight excluding hydrogens is 377 g/mol. The van der Waals surface area contributed by atoms with Gasteiger partial charge in [0.25, 0.3) is 5.56 Å². The molecule has 0 spiro atoms. The Morgan fingerprint density at radius 1 is 1.17 bits per heavy atom. The summed E-state index contributed by atoms with van der Waals surface area (Å²) in [7, 11) is 1.56. The lowest BCUT2D eigenvalue weighted by atomic mass is 10.2. The van der Waals surface area contributed by atoms with Crippen molar-refractivity contribution in [3.63, 3.8) is 0 Å². The lowest BCUT2D eigenvalue weighted by molar-refractivity contribution is -0.0712. The number of halogens is 1. The Morgan fingerprint density at radius 3 is 2.55 bits per heavy atom. The van der Waals surface area contributed by atoms with Crippen molar-refractivity contribution < 1.29 is 9.13 Å². The maximum Gasteiger partial charge on any atom is 0.329 e. The SMILES string of the molecule is C[C@@H]1CN(Cc2nc3c(c(=O)[nH]c(=O)n3C)n2Cc2ccccc2F)C[C@H](C)O1. The lowest BCUT2D eigenvalue weighted by Crippen LogP contribution is -2.45. The van der Waals surface area contributed by atoms with Gasteiger partial charge in [0.1, 0.15) is 11.6 Å². The van der Waals surface area contributed by atoms with Crippen LogP contribution >= 0.6 is 0 Å². The van der Waals surface area contributed by atoms with Gasteiger partial charge in [0.05, 0.1) is 25.3 Å². The average Bonchev–Trinajstić information content (AvgIpc) is 2.99. The molecule has 0 aliphatic carbocycles. The van der Waals surface area contributed by atoms with Gasteiger partial charge in [-0.25, -0.2) is 14.2 Å². The van der Waals surface area contributed by atoms with E-state index in [1.807, 2.05) is 13.8 Å². The summed E-state index contributed by atoms with van der Waals surface area (Å²) in [6.07, 6.45) is 0.159. The maximum atomic E-state index is 14.3. The number of imidazole rings is 1. The normalized spacial score (nSPS) is 20.4. The van der Waals surface area contributed by atoms with Gasteiger partial charge in [0.15, 0.2) is 11.2 Å². The largest absolute Gasteiger partial charge is 0.373 e. The molecule has 1 saturated heterocycles. The number of hydrogen-bond acceptors (Lipinski definition) is 5. The number of nitrogens with zero attached hydrogens (tertiary/aromatic N) is 4. The molecular formula is C20H24FN5O3. The second-order valence-corrected chi connectivity index (χ2v) is 7.65. The molecule has 154 valence electrons. The van der Waals surface area contributed by atoms with Gasteiger partial charge in [-0.2, -0.15) is 0 Å². The van der Waals surface area contributed by atoms with Crippen molar-refractivity contribution in [3.8, 4) is 0 Å². The topological polar surface area (TPSA) is 85.2 Å². The van der Waals surface area contributed by atoms with Crippen LogP contribution in [0.15, 0.2) is 33.9 Å². The fourth-order valence-electron chi connectivity index (χ4n) is 3.98. The highest BCUT2D eigenvalue weighted by molar-refractivity contribution is 5.71. The van der Waals surface area contributed by atoms with Gasteiger partial charge in [-0.05, 0) is 19.9 Å². The second-order valence-electron chi connectivity index (χ2n) is 7.65. The van der Waals surface area contributed by atoms with Crippen molar-refractivity contribution in [1.29, 1.82) is 0 Å². The van der Waals surface area contributed by atoms with Crippen molar-refractivity contribution in [1.82, 2.24) is 24.0 Å². The summed E-state index contributed by atoms with van der Waals surface area (Å²) in [5.41, 5.74) is -0.0516. The molecule has 0 bridgehead atoms. The van der Waals surface area contributed by atoms with Crippen LogP contribution in [0.2, 0.25) is 0 Å². The van der Waals surface area contributed by atoms with Crippen LogP contribution in [0.25, 0.3) is 11.2 Å². The number of aromatic amines is 1. The third-order valence-electron chi connectivity index (χ3n) is 5.23. The smallest absolute Gasteiger partial charge is 0.329 e. The minimum Gasteiger partial charge on any atom is -0.373 e. The number of H-pyrrole nitrogens is 1. The summed E-state index contributed by atoms with van der Waals surface area (Å²) >= 11 is 0. The fraction of sp³-hybridized carbons (Fsp3) is 0.450. The van der Waals surface area contributed by atoms with Gasteiger partial charge < -0.3 is 9.30 Å². The molecule has 3 heterocycles. The van der Waals surface area contributed by atoms with E-state index in [0.29, 0.717) is 23.6 Å². The number of benzene rings is 1. The quantitative estimate of drug-likeness (QED) is 0.711. The monoisotopic (exact) mass is 401 g/mol. The molecule has 29 heavy (non-hydrogen) atoms. The predicted octanol–water partition coefficient (Wildman–Crippen LogP) is 1.22. The van der Waals surface area contributed by atoms with Crippen LogP contribution < -0.4 is 11.2 Å². The van der Waals surface area contributed by atoms with Crippen molar-refractivity contribution in [2.75, 3.05) is 13.1 Å². The maximum absolute atomic E-state index is 14.3. The Kier molecular flexibility index (Phi) is 5.10. The fourth-order valence-corrected chi connectivity index (χ4v) is 3.98. The van der Waals surface area contributed by atoms with Crippen LogP contribution in [0, 0.1) is 5.82 Å². The number of rotatable bonds is 4. The summed E-state index contributed by atoms with van der Waals surface area (Å²) in [6.45, 7) is 6.09. The first-order valence-electron chi connectivity index (χ1n) is 9.63. The summed E-state index contributed by atoms with van der Waals surface area (Å²) < 4.78 is 23.1. The van der Waals surface area contributed by atoms with Gasteiger partial charge in [0.2, 0.25) is 0 Å². The molecule has 2 atom stereocenters. The highest BCUT2D eigenvalue weighted by atomic mass is 19.1. The van der Waals surface area contributed by atoms with Crippen molar-refractivity contribution in [2.24, 2.45) is 7.05 Å². The molecule has 0 radical (unpaired) electrons. The van der Waals surface area contributed by atoms with E-state index < -0.39 is 11.2 Å². The molecule has 0 saturated carbocycles. The minimum atomic E-state index is -0.529. The Bertz CT molecular complexity index is 1160. The van der Waals surface area contributed by atoms with Crippen molar-refractivity contribution >= 4 is 11.2 Å². The summed E-state index contributed by atoms with van der Waals surface area (Å²) in [5.74, 6) is 0.256. The Balaban J connectivity index is 1.83. The molecule has 3 aromatic rings. The van der Waals surface area contributed by atoms with Gasteiger partial charge in [-0.3, -0.25) is 19.2 Å². The van der Waals surface area contributed by atoms with Gasteiger partial charge in [0, 0.05) is 25.7 Å². The van der Waals surface area contributed by atoms with Crippen molar-refractivity contribution in [2.45, 2.75) is 39.1 Å². The Hall–Kier alpha value is -2.78. The van der Waals surface area contributed by atoms with Crippen LogP contribution in [0.3, 0.4) is 0 Å². The molecule has 8 nitrogen and oxygen atoms in total. The predicted molar refractivity (Wildman–Crippen MR) is 106 cm³/mol. The van der Waals surface area contributed by atoms with E-state index in [1.54, 1.807) is 29.8 Å². The molecule has 9 heteroatoms. The van der Waals surface area contributed by atoms with Crippen molar-refractivity contribution in [3.05, 3.63) is 62.3 Å². The summed E-state index contributed by atoms with van der Waals surface area (Å²) in [6, 6.07) is 6.45. The Labute approximate surface area is 166 Å². The zero-order valence-electron chi connectivity index (χ0n) is 16.7. The number of aryl methyl sites for hydroxylation is 1. The molecule has 1 aromatic carbocycles. The van der Waals surface area contributed by atoms with E-state index in [4.69, 9.17) is 4.74 Å². The van der Waals surface area contributed by atoms with Crippen LogP contribution in [0.4, 0.5) is 4.39 Å². The first-order valence-corrected chi connectivity index (χ1v) is 9.63. The van der Waals surface area contributed by atoms with E-state index in [2.05, 4.69) is 14.9 Å². The van der Waals surface area contributed by atoms with E-state index in [1.165, 1.54) is 10.6 Å². The zero-order chi connectivity index (χ0) is 20.7. The standard InChI is InChI=1S/C20H24FN5O3/c1-12-8-25(9-13(2)29-12)11-16-22-18-17(19(27)23-20(28)24(18)3)26(16)10-14-6-4-5-7-15(14)21/h4-7,12-13H,8-11H2,1-3H3,(H,23,27,28)/t12-,13+. The van der Waals surface area contributed by atoms with Gasteiger partial charge in [-0.15, -0.1) is 0 Å². The van der Waals surface area contributed by atoms with Gasteiger partial charge >= 0.3 is 5.69 Å². The number of aromatic nitrogens is 4. The molecule has 1 N–H and O–H groups in total. The highest BCUT2D eigenvalue weighted by Gasteiger charge is 2.25. The molecule has 1 aliphatic heterocycles. The number of hydrogen-bond donors (Lipinski definition) is 1. The highest BCUT2D eigenvalue weighted by Crippen LogP contribution is 2.19. The number of morpholine rings is 1. The average molecular weight is 401 g/mol. The molecule has 2 aromatic heterocycles. The van der Waals surface area contributed by atoms with E-state index in [-0.39, 0.29) is 30.1 Å². The van der Waals surface area contributed by atoms with Crippen LogP contribution in [0.5, 0.6) is 0 Å². The third kappa shape index (κ3) is 3.75. The number of fused-ring (bicyclic) bond motifs is 1. The van der Waals surface area contributed by atoms with Gasteiger partial charge in [-0.1, -0.05) is 18.2 Å². The first-order chi connectivity index (χ1) is 13.8. The van der Waals surface area contributed by atoms with Crippen LogP contribution in [0.1, 0.15) is 25.2 Å². The molecule has 4 rings (SSSR count). The lowest BCUT2D eigenvalue weighted by Gasteiger charge is -2.35. The number of ether oxygens (including phenoxy) is 1. The molecule has 0 unspecified atom stereocenters. The summed E-state index contributed by atoms with van der Waals surface area (Å²) in [5, 5.41) is 0. The van der Waals surface area contributed by atoms with E-state index >= 15 is 0 Å². The molecule has 1 fully saturated rings. The number of nitrogens with one attached hydrogen (secondary N) is 1. The minimum absolute atomic E-state index is 0.0795. The first kappa shape index (κ1) is 19.5. The second kappa shape index (κ2) is 7.57. The third-order valence-corrected chi connectivity index (χ3v) is 5.23. The summed E-state index contributed by atoms with van der Waals surface area (Å²) in [4.78, 5) is 33.8.